The van der Waals surface area contributed by atoms with Gasteiger partial charge < -0.3 is 20.7 Å². The molecule has 6 nitrogen and oxygen atoms in total. The molecule has 0 radical (unpaired) electrons. The van der Waals surface area contributed by atoms with Crippen molar-refractivity contribution in [1.82, 2.24) is 10.6 Å². The van der Waals surface area contributed by atoms with Gasteiger partial charge in [0.2, 0.25) is 11.8 Å². The maximum absolute atomic E-state index is 12.0. The molecular formula is C18H26ClN3O3. The molecule has 1 aliphatic heterocycles. The molecule has 0 aromatic heterocycles. The Balaban J connectivity index is 1.66. The third kappa shape index (κ3) is 6.92. The van der Waals surface area contributed by atoms with Crippen LogP contribution in [0.2, 0.25) is 5.02 Å². The number of anilines is 1. The first-order chi connectivity index (χ1) is 12.1. The topological polar surface area (TPSA) is 79.5 Å². The fourth-order valence-corrected chi connectivity index (χ4v) is 3.07. The van der Waals surface area contributed by atoms with E-state index in [0.29, 0.717) is 35.3 Å². The van der Waals surface area contributed by atoms with E-state index in [4.69, 9.17) is 16.3 Å². The molecule has 0 bridgehead atoms. The zero-order valence-electron chi connectivity index (χ0n) is 14.6. The molecule has 1 fully saturated rings. The van der Waals surface area contributed by atoms with E-state index >= 15 is 0 Å². The summed E-state index contributed by atoms with van der Waals surface area (Å²) >= 11 is 5.93. The van der Waals surface area contributed by atoms with Gasteiger partial charge in [0.1, 0.15) is 5.75 Å². The van der Waals surface area contributed by atoms with Crippen molar-refractivity contribution in [1.29, 1.82) is 0 Å². The van der Waals surface area contributed by atoms with Gasteiger partial charge in [-0.25, -0.2) is 0 Å². The highest BCUT2D eigenvalue weighted by atomic mass is 35.5. The summed E-state index contributed by atoms with van der Waals surface area (Å²) in [5.74, 6) is 0.986. The number of hydrogen-bond acceptors (Lipinski definition) is 4. The average Bonchev–Trinajstić information content (AvgIpc) is 2.61. The lowest BCUT2D eigenvalue weighted by atomic mass is 9.93. The summed E-state index contributed by atoms with van der Waals surface area (Å²) in [5, 5.41) is 9.39. The lowest BCUT2D eigenvalue weighted by Gasteiger charge is -2.22. The van der Waals surface area contributed by atoms with Gasteiger partial charge in [-0.15, -0.1) is 0 Å². The van der Waals surface area contributed by atoms with Crippen LogP contribution in [0, 0.1) is 5.92 Å². The Labute approximate surface area is 153 Å². The molecule has 7 heteroatoms. The van der Waals surface area contributed by atoms with Gasteiger partial charge in [0, 0.05) is 24.4 Å². The summed E-state index contributed by atoms with van der Waals surface area (Å²) in [4.78, 5) is 23.9. The number of amides is 2. The van der Waals surface area contributed by atoms with Crippen molar-refractivity contribution in [2.45, 2.75) is 32.1 Å². The highest BCUT2D eigenvalue weighted by molar-refractivity contribution is 6.31. The lowest BCUT2D eigenvalue weighted by Crippen LogP contribution is -2.30. The van der Waals surface area contributed by atoms with Gasteiger partial charge in [0.15, 0.2) is 0 Å². The largest absolute Gasteiger partial charge is 0.495 e. The normalized spacial score (nSPS) is 14.8. The molecule has 2 rings (SSSR count). The van der Waals surface area contributed by atoms with Crippen LogP contribution in [0.4, 0.5) is 5.69 Å². The molecule has 0 atom stereocenters. The SMILES string of the molecule is COc1ccc(Cl)cc1NC(=O)CCNC(=O)CCC1CCNCC1. The van der Waals surface area contributed by atoms with Crippen molar-refractivity contribution >= 4 is 29.1 Å². The van der Waals surface area contributed by atoms with E-state index in [-0.39, 0.29) is 18.2 Å². The molecule has 3 N–H and O–H groups in total. The van der Waals surface area contributed by atoms with E-state index < -0.39 is 0 Å². The van der Waals surface area contributed by atoms with Crippen molar-refractivity contribution in [2.24, 2.45) is 5.92 Å². The van der Waals surface area contributed by atoms with Crippen molar-refractivity contribution in [3.8, 4) is 5.75 Å². The van der Waals surface area contributed by atoms with Crippen LogP contribution in [0.25, 0.3) is 0 Å². The number of benzene rings is 1. The van der Waals surface area contributed by atoms with E-state index in [1.54, 1.807) is 18.2 Å². The third-order valence-electron chi connectivity index (χ3n) is 4.35. The fraction of sp³-hybridized carbons (Fsp3) is 0.556. The number of halogens is 1. The minimum Gasteiger partial charge on any atom is -0.495 e. The van der Waals surface area contributed by atoms with Gasteiger partial charge in [-0.2, -0.15) is 0 Å². The Morgan fingerprint density at radius 2 is 2.00 bits per heavy atom. The molecule has 0 aliphatic carbocycles. The molecular weight excluding hydrogens is 342 g/mol. The van der Waals surface area contributed by atoms with Crippen LogP contribution in [0.3, 0.4) is 0 Å². The van der Waals surface area contributed by atoms with Crippen LogP contribution in [0.5, 0.6) is 5.75 Å². The summed E-state index contributed by atoms with van der Waals surface area (Å²) in [5.41, 5.74) is 0.525. The predicted octanol–water partition coefficient (Wildman–Crippen LogP) is 2.57. The second-order valence-electron chi connectivity index (χ2n) is 6.22. The van der Waals surface area contributed by atoms with Gasteiger partial charge >= 0.3 is 0 Å². The van der Waals surface area contributed by atoms with Crippen molar-refractivity contribution in [2.75, 3.05) is 32.1 Å². The van der Waals surface area contributed by atoms with Crippen molar-refractivity contribution in [3.05, 3.63) is 23.2 Å². The molecule has 1 aromatic carbocycles. The first-order valence-corrected chi connectivity index (χ1v) is 9.07. The van der Waals surface area contributed by atoms with Crippen LogP contribution in [0.1, 0.15) is 32.1 Å². The Hall–Kier alpha value is -1.79. The minimum absolute atomic E-state index is 0.00617. The number of carbonyl (C=O) groups is 2. The van der Waals surface area contributed by atoms with E-state index in [9.17, 15) is 9.59 Å². The Bertz CT molecular complexity index is 589. The van der Waals surface area contributed by atoms with E-state index in [1.165, 1.54) is 7.11 Å². The van der Waals surface area contributed by atoms with Crippen molar-refractivity contribution < 1.29 is 14.3 Å². The van der Waals surface area contributed by atoms with Gasteiger partial charge in [-0.05, 0) is 56.5 Å². The molecule has 1 saturated heterocycles. The minimum atomic E-state index is -0.195. The smallest absolute Gasteiger partial charge is 0.226 e. The number of piperidine rings is 1. The van der Waals surface area contributed by atoms with E-state index in [0.717, 1.165) is 32.4 Å². The van der Waals surface area contributed by atoms with E-state index in [2.05, 4.69) is 16.0 Å². The second-order valence-corrected chi connectivity index (χ2v) is 6.66. The summed E-state index contributed by atoms with van der Waals surface area (Å²) < 4.78 is 5.19. The van der Waals surface area contributed by atoms with Crippen LogP contribution >= 0.6 is 11.6 Å². The lowest BCUT2D eigenvalue weighted by molar-refractivity contribution is -0.121. The van der Waals surface area contributed by atoms with E-state index in [1.807, 2.05) is 0 Å². The quantitative estimate of drug-likeness (QED) is 0.659. The molecule has 1 aliphatic rings. The first-order valence-electron chi connectivity index (χ1n) is 8.69. The van der Waals surface area contributed by atoms with Gasteiger partial charge in [0.25, 0.3) is 0 Å². The number of rotatable bonds is 8. The third-order valence-corrected chi connectivity index (χ3v) is 4.58. The second kappa shape index (κ2) is 10.3. The molecule has 1 heterocycles. The zero-order valence-corrected chi connectivity index (χ0v) is 15.3. The summed E-state index contributed by atoms with van der Waals surface area (Å²) in [6, 6.07) is 5.02. The molecule has 0 spiro atoms. The Morgan fingerprint density at radius 3 is 2.72 bits per heavy atom. The molecule has 138 valence electrons. The molecule has 0 unspecified atom stereocenters. The standard InChI is InChI=1S/C18H26ClN3O3/c1-25-16-4-3-14(19)12-15(16)22-18(24)8-11-21-17(23)5-2-13-6-9-20-10-7-13/h3-4,12-13,20H,2,5-11H2,1H3,(H,21,23)(H,22,24). The van der Waals surface area contributed by atoms with Crippen molar-refractivity contribution in [3.63, 3.8) is 0 Å². The van der Waals surface area contributed by atoms with Crippen LogP contribution in [0.15, 0.2) is 18.2 Å². The first kappa shape index (κ1) is 19.5. The number of carbonyl (C=O) groups excluding carboxylic acids is 2. The van der Waals surface area contributed by atoms with Crippen LogP contribution in [-0.2, 0) is 9.59 Å². The van der Waals surface area contributed by atoms with Gasteiger partial charge in [-0.1, -0.05) is 11.6 Å². The summed E-state index contributed by atoms with van der Waals surface area (Å²) in [6.07, 6.45) is 3.91. The highest BCUT2D eigenvalue weighted by Gasteiger charge is 2.14. The molecule has 1 aromatic rings. The highest BCUT2D eigenvalue weighted by Crippen LogP contribution is 2.27. The summed E-state index contributed by atoms with van der Waals surface area (Å²) in [6.45, 7) is 2.40. The van der Waals surface area contributed by atoms with Gasteiger partial charge in [-0.3, -0.25) is 9.59 Å². The number of hydrogen-bond donors (Lipinski definition) is 3. The van der Waals surface area contributed by atoms with Gasteiger partial charge in [0.05, 0.1) is 12.8 Å². The number of nitrogens with one attached hydrogen (secondary N) is 3. The molecule has 2 amide bonds. The Morgan fingerprint density at radius 1 is 1.24 bits per heavy atom. The molecule has 0 saturated carbocycles. The predicted molar refractivity (Wildman–Crippen MR) is 99.1 cm³/mol. The fourth-order valence-electron chi connectivity index (χ4n) is 2.90. The maximum Gasteiger partial charge on any atom is 0.226 e. The number of methoxy groups -OCH3 is 1. The zero-order chi connectivity index (χ0) is 18.1. The summed E-state index contributed by atoms with van der Waals surface area (Å²) in [7, 11) is 1.53. The van der Waals surface area contributed by atoms with Crippen LogP contribution in [-0.4, -0.2) is 38.6 Å². The average molecular weight is 368 g/mol. The number of ether oxygens (including phenoxy) is 1. The molecule has 25 heavy (non-hydrogen) atoms. The monoisotopic (exact) mass is 367 g/mol. The Kier molecular flexibility index (Phi) is 8.01. The van der Waals surface area contributed by atoms with Crippen LogP contribution < -0.4 is 20.7 Å². The maximum atomic E-state index is 12.0.